The van der Waals surface area contributed by atoms with E-state index in [-0.39, 0.29) is 5.76 Å². The minimum absolute atomic E-state index is 0.150. The third-order valence-electron chi connectivity index (χ3n) is 0.904. The van der Waals surface area contributed by atoms with E-state index in [1.54, 1.807) is 0 Å². The molecule has 0 atom stereocenters. The molecule has 0 bridgehead atoms. The zero-order chi connectivity index (χ0) is 8.91. The summed E-state index contributed by atoms with van der Waals surface area (Å²) in [6, 6.07) is 0. The summed E-state index contributed by atoms with van der Waals surface area (Å²) < 4.78 is 24.8. The van der Waals surface area contributed by atoms with Crippen molar-refractivity contribution in [3.8, 4) is 0 Å². The van der Waals surface area contributed by atoms with Crippen molar-refractivity contribution in [3.63, 3.8) is 0 Å². The number of phosphoric ester groups is 1. The minimum Gasteiger partial charge on any atom is -0.405 e. The number of phosphoric acid groups is 1. The van der Waals surface area contributed by atoms with Crippen LogP contribution in [0.1, 0.15) is 0 Å². The molecule has 5 heteroatoms. The Morgan fingerprint density at radius 1 is 1.45 bits per heavy atom. The van der Waals surface area contributed by atoms with Crippen molar-refractivity contribution in [1.82, 2.24) is 0 Å². The third kappa shape index (κ3) is 3.37. The Labute approximate surface area is 66.1 Å². The van der Waals surface area contributed by atoms with E-state index in [0.29, 0.717) is 0 Å². The molecule has 0 aromatic heterocycles. The van der Waals surface area contributed by atoms with Crippen molar-refractivity contribution >= 4 is 7.82 Å². The molecule has 0 saturated carbocycles. The molecule has 0 heterocycles. The number of hydrogen-bond donors (Lipinski definition) is 0. The standard InChI is InChI=1S/C6H11O4P/c1-5-6(2)10-11(7,8-3)9-4/h5H,1-2H2,3-4H3. The molecule has 0 saturated heterocycles. The molecular weight excluding hydrogens is 167 g/mol. The van der Waals surface area contributed by atoms with E-state index in [0.717, 1.165) is 0 Å². The normalized spacial score (nSPS) is 10.7. The van der Waals surface area contributed by atoms with Crippen molar-refractivity contribution in [2.75, 3.05) is 14.2 Å². The molecular formula is C6H11O4P. The topological polar surface area (TPSA) is 44.8 Å². The van der Waals surface area contributed by atoms with E-state index in [2.05, 4.69) is 26.7 Å². The number of allylic oxidation sites excluding steroid dienone is 1. The van der Waals surface area contributed by atoms with Gasteiger partial charge in [0.25, 0.3) is 0 Å². The van der Waals surface area contributed by atoms with Crippen LogP contribution < -0.4 is 0 Å². The highest BCUT2D eigenvalue weighted by atomic mass is 31.2. The fraction of sp³-hybridized carbons (Fsp3) is 0.333. The molecule has 0 aromatic carbocycles. The van der Waals surface area contributed by atoms with Crippen LogP contribution in [0.15, 0.2) is 25.0 Å². The van der Waals surface area contributed by atoms with Crippen molar-refractivity contribution in [2.45, 2.75) is 0 Å². The molecule has 4 nitrogen and oxygen atoms in total. The second-order valence-electron chi connectivity index (χ2n) is 1.57. The van der Waals surface area contributed by atoms with Crippen LogP contribution in [0.5, 0.6) is 0 Å². The highest BCUT2D eigenvalue weighted by molar-refractivity contribution is 7.48. The Bertz CT molecular complexity index is 191. The van der Waals surface area contributed by atoms with Gasteiger partial charge in [0, 0.05) is 14.2 Å². The van der Waals surface area contributed by atoms with Gasteiger partial charge in [0.05, 0.1) is 0 Å². The first-order valence-electron chi connectivity index (χ1n) is 2.80. The Kier molecular flexibility index (Phi) is 4.11. The van der Waals surface area contributed by atoms with Crippen LogP contribution in [-0.4, -0.2) is 14.2 Å². The molecule has 0 radical (unpaired) electrons. The first-order valence-corrected chi connectivity index (χ1v) is 4.26. The quantitative estimate of drug-likeness (QED) is 0.367. The summed E-state index contributed by atoms with van der Waals surface area (Å²) in [6.07, 6.45) is 1.31. The summed E-state index contributed by atoms with van der Waals surface area (Å²) in [4.78, 5) is 0. The molecule has 0 aliphatic heterocycles. The number of rotatable bonds is 5. The average molecular weight is 178 g/mol. The van der Waals surface area contributed by atoms with Crippen LogP contribution in [-0.2, 0) is 18.1 Å². The highest BCUT2D eigenvalue weighted by Crippen LogP contribution is 2.49. The van der Waals surface area contributed by atoms with Crippen LogP contribution in [0.2, 0.25) is 0 Å². The Morgan fingerprint density at radius 3 is 2.18 bits per heavy atom. The molecule has 11 heavy (non-hydrogen) atoms. The second-order valence-corrected chi connectivity index (χ2v) is 3.38. The average Bonchev–Trinajstić information content (AvgIpc) is 2.04. The van der Waals surface area contributed by atoms with Crippen LogP contribution in [0.25, 0.3) is 0 Å². The van der Waals surface area contributed by atoms with E-state index >= 15 is 0 Å². The molecule has 0 aromatic rings. The third-order valence-corrected chi connectivity index (χ3v) is 2.26. The highest BCUT2D eigenvalue weighted by Gasteiger charge is 2.23. The smallest absolute Gasteiger partial charge is 0.405 e. The van der Waals surface area contributed by atoms with Gasteiger partial charge in [0.15, 0.2) is 0 Å². The second kappa shape index (κ2) is 4.34. The lowest BCUT2D eigenvalue weighted by atomic mass is 10.6. The first-order chi connectivity index (χ1) is 5.08. The van der Waals surface area contributed by atoms with Gasteiger partial charge in [-0.2, -0.15) is 0 Å². The molecule has 0 unspecified atom stereocenters. The largest absolute Gasteiger partial charge is 0.529 e. The van der Waals surface area contributed by atoms with E-state index < -0.39 is 7.82 Å². The maximum Gasteiger partial charge on any atom is 0.529 e. The first kappa shape index (κ1) is 10.4. The lowest BCUT2D eigenvalue weighted by Gasteiger charge is -2.13. The fourth-order valence-corrected chi connectivity index (χ4v) is 0.990. The van der Waals surface area contributed by atoms with Crippen LogP contribution >= 0.6 is 7.82 Å². The maximum absolute atomic E-state index is 11.1. The van der Waals surface area contributed by atoms with E-state index in [1.807, 2.05) is 0 Å². The monoisotopic (exact) mass is 178 g/mol. The molecule has 0 rings (SSSR count). The Morgan fingerprint density at radius 2 is 1.91 bits per heavy atom. The predicted molar refractivity (Wildman–Crippen MR) is 42.0 cm³/mol. The van der Waals surface area contributed by atoms with E-state index in [1.165, 1.54) is 20.3 Å². The Balaban J connectivity index is 4.19. The van der Waals surface area contributed by atoms with Gasteiger partial charge in [-0.3, -0.25) is 9.05 Å². The zero-order valence-electron chi connectivity index (χ0n) is 6.57. The van der Waals surface area contributed by atoms with Gasteiger partial charge in [0.2, 0.25) is 0 Å². The molecule has 0 aliphatic carbocycles. The van der Waals surface area contributed by atoms with Gasteiger partial charge in [-0.1, -0.05) is 13.2 Å². The van der Waals surface area contributed by atoms with Gasteiger partial charge in [0.1, 0.15) is 5.76 Å². The van der Waals surface area contributed by atoms with Gasteiger partial charge in [-0.15, -0.1) is 0 Å². The lowest BCUT2D eigenvalue weighted by Crippen LogP contribution is -1.92. The van der Waals surface area contributed by atoms with Crippen LogP contribution in [0.3, 0.4) is 0 Å². The molecule has 0 fully saturated rings. The minimum atomic E-state index is -3.42. The Hall–Kier alpha value is -0.570. The van der Waals surface area contributed by atoms with Gasteiger partial charge in [-0.25, -0.2) is 4.57 Å². The molecule has 0 amide bonds. The van der Waals surface area contributed by atoms with Crippen LogP contribution in [0.4, 0.5) is 0 Å². The van der Waals surface area contributed by atoms with Crippen molar-refractivity contribution < 1.29 is 18.1 Å². The van der Waals surface area contributed by atoms with Crippen molar-refractivity contribution in [2.24, 2.45) is 0 Å². The van der Waals surface area contributed by atoms with Gasteiger partial charge in [-0.05, 0) is 6.08 Å². The summed E-state index contributed by atoms with van der Waals surface area (Å²) >= 11 is 0. The summed E-state index contributed by atoms with van der Waals surface area (Å²) in [5.74, 6) is 0.150. The summed E-state index contributed by atoms with van der Waals surface area (Å²) in [5.41, 5.74) is 0. The zero-order valence-corrected chi connectivity index (χ0v) is 7.47. The molecule has 0 N–H and O–H groups in total. The molecule has 0 spiro atoms. The van der Waals surface area contributed by atoms with E-state index in [9.17, 15) is 4.57 Å². The van der Waals surface area contributed by atoms with Crippen LogP contribution in [0, 0.1) is 0 Å². The van der Waals surface area contributed by atoms with Gasteiger partial charge < -0.3 is 4.52 Å². The lowest BCUT2D eigenvalue weighted by molar-refractivity contribution is 0.187. The van der Waals surface area contributed by atoms with E-state index in [4.69, 9.17) is 0 Å². The maximum atomic E-state index is 11.1. The van der Waals surface area contributed by atoms with Gasteiger partial charge >= 0.3 is 7.82 Å². The molecule has 0 aliphatic rings. The number of hydrogen-bond acceptors (Lipinski definition) is 4. The summed E-state index contributed by atoms with van der Waals surface area (Å²) in [7, 11) is -0.979. The molecule has 64 valence electrons. The van der Waals surface area contributed by atoms with Crippen molar-refractivity contribution in [3.05, 3.63) is 25.0 Å². The fourth-order valence-electron chi connectivity index (χ4n) is 0.330. The summed E-state index contributed by atoms with van der Waals surface area (Å²) in [6.45, 7) is 6.74. The predicted octanol–water partition coefficient (Wildman–Crippen LogP) is 2.10. The van der Waals surface area contributed by atoms with Crippen molar-refractivity contribution in [1.29, 1.82) is 0 Å². The SMILES string of the molecule is C=CC(=C)OP(=O)(OC)OC. The summed E-state index contributed by atoms with van der Waals surface area (Å²) in [5, 5.41) is 0.